The molecule has 2 aliphatic heterocycles. The number of hydrogen-bond donors (Lipinski definition) is 1. The lowest BCUT2D eigenvalue weighted by atomic mass is 10.1. The molecule has 3 heterocycles. The van der Waals surface area contributed by atoms with Gasteiger partial charge in [-0.1, -0.05) is 6.42 Å². The first kappa shape index (κ1) is 13.4. The lowest BCUT2D eigenvalue weighted by molar-refractivity contribution is 0.206. The molecule has 0 aliphatic carbocycles. The summed E-state index contributed by atoms with van der Waals surface area (Å²) in [7, 11) is 0. The van der Waals surface area contributed by atoms with Gasteiger partial charge in [0.05, 0.1) is 6.61 Å². The maximum atomic E-state index is 5.91. The van der Waals surface area contributed by atoms with Gasteiger partial charge in [0.1, 0.15) is 0 Å². The quantitative estimate of drug-likeness (QED) is 0.839. The van der Waals surface area contributed by atoms with E-state index in [4.69, 9.17) is 4.74 Å². The molecule has 106 valence electrons. The van der Waals surface area contributed by atoms with Gasteiger partial charge in [0.2, 0.25) is 0 Å². The van der Waals surface area contributed by atoms with Crippen molar-refractivity contribution in [1.29, 1.82) is 0 Å². The summed E-state index contributed by atoms with van der Waals surface area (Å²) in [6.07, 6.45) is 6.50. The van der Waals surface area contributed by atoms with E-state index >= 15 is 0 Å². The first-order valence-corrected chi connectivity index (χ1v) is 8.41. The monoisotopic (exact) mass is 280 g/mol. The predicted molar refractivity (Wildman–Crippen MR) is 80.1 cm³/mol. The third-order valence-electron chi connectivity index (χ3n) is 4.03. The van der Waals surface area contributed by atoms with Crippen LogP contribution in [0.1, 0.15) is 36.1 Å². The van der Waals surface area contributed by atoms with Gasteiger partial charge < -0.3 is 15.0 Å². The molecule has 1 saturated heterocycles. The van der Waals surface area contributed by atoms with E-state index in [9.17, 15) is 0 Å². The number of nitrogens with one attached hydrogen (secondary N) is 1. The zero-order chi connectivity index (χ0) is 12.9. The molecule has 1 aromatic rings. The van der Waals surface area contributed by atoms with Gasteiger partial charge in [-0.2, -0.15) is 0 Å². The van der Waals surface area contributed by atoms with Crippen LogP contribution >= 0.6 is 11.3 Å². The van der Waals surface area contributed by atoms with Crippen LogP contribution in [0.3, 0.4) is 0 Å². The highest BCUT2D eigenvalue weighted by atomic mass is 32.1. The first-order valence-electron chi connectivity index (χ1n) is 7.59. The normalized spacial score (nSPS) is 20.2. The van der Waals surface area contributed by atoms with Gasteiger partial charge in [-0.15, -0.1) is 11.3 Å². The van der Waals surface area contributed by atoms with Crippen molar-refractivity contribution in [3.05, 3.63) is 16.5 Å². The minimum absolute atomic E-state index is 0.864. The highest BCUT2D eigenvalue weighted by Gasteiger charge is 2.14. The standard InChI is InChI=1S/C15H24N2OS/c1-2-7-17(8-3-1)9-4-10-18-15-11-13-12-16-6-5-14(13)19-15/h11,16H,1-10,12H2. The van der Waals surface area contributed by atoms with Crippen molar-refractivity contribution in [3.8, 4) is 5.06 Å². The molecule has 19 heavy (non-hydrogen) atoms. The van der Waals surface area contributed by atoms with Gasteiger partial charge in [-0.05, 0) is 50.4 Å². The van der Waals surface area contributed by atoms with Gasteiger partial charge in [0, 0.05) is 24.5 Å². The fourth-order valence-corrected chi connectivity index (χ4v) is 3.99. The van der Waals surface area contributed by atoms with Gasteiger partial charge >= 0.3 is 0 Å². The average molecular weight is 280 g/mol. The van der Waals surface area contributed by atoms with Gasteiger partial charge in [0.15, 0.2) is 5.06 Å². The number of likely N-dealkylation sites (tertiary alicyclic amines) is 1. The van der Waals surface area contributed by atoms with Crippen LogP contribution in [0.25, 0.3) is 0 Å². The summed E-state index contributed by atoms with van der Waals surface area (Å²) in [5.41, 5.74) is 1.45. The van der Waals surface area contributed by atoms with E-state index in [0.717, 1.165) is 37.6 Å². The molecular weight excluding hydrogens is 256 g/mol. The highest BCUT2D eigenvalue weighted by Crippen LogP contribution is 2.31. The topological polar surface area (TPSA) is 24.5 Å². The van der Waals surface area contributed by atoms with Crippen LogP contribution in [0, 0.1) is 0 Å². The number of thiophene rings is 1. The van der Waals surface area contributed by atoms with Crippen LogP contribution in [0.5, 0.6) is 5.06 Å². The number of hydrogen-bond acceptors (Lipinski definition) is 4. The Morgan fingerprint density at radius 2 is 2.16 bits per heavy atom. The Hall–Kier alpha value is -0.580. The molecule has 3 nitrogen and oxygen atoms in total. The Bertz CT molecular complexity index is 375. The Balaban J connectivity index is 1.38. The Kier molecular flexibility index (Phi) is 4.75. The average Bonchev–Trinajstić information content (AvgIpc) is 2.87. The summed E-state index contributed by atoms with van der Waals surface area (Å²) in [6, 6.07) is 2.23. The fourth-order valence-electron chi connectivity index (χ4n) is 2.94. The maximum Gasteiger partial charge on any atom is 0.174 e. The SMILES string of the molecule is c1c(OCCCN2CCCCC2)sc2c1CNCC2. The summed E-state index contributed by atoms with van der Waals surface area (Å²) in [5, 5.41) is 4.53. The van der Waals surface area contributed by atoms with Crippen molar-refractivity contribution >= 4 is 11.3 Å². The zero-order valence-electron chi connectivity index (χ0n) is 11.6. The van der Waals surface area contributed by atoms with Crippen LogP contribution in [-0.2, 0) is 13.0 Å². The van der Waals surface area contributed by atoms with Crippen LogP contribution in [0.4, 0.5) is 0 Å². The molecule has 0 amide bonds. The number of fused-ring (bicyclic) bond motifs is 1. The van der Waals surface area contributed by atoms with Gasteiger partial charge in [-0.25, -0.2) is 0 Å². The van der Waals surface area contributed by atoms with E-state index in [0.29, 0.717) is 0 Å². The molecule has 0 saturated carbocycles. The van der Waals surface area contributed by atoms with Crippen molar-refractivity contribution in [3.63, 3.8) is 0 Å². The van der Waals surface area contributed by atoms with Crippen LogP contribution in [0.15, 0.2) is 6.07 Å². The molecule has 1 aromatic heterocycles. The molecule has 0 spiro atoms. The Morgan fingerprint density at radius 3 is 3.00 bits per heavy atom. The second kappa shape index (κ2) is 6.73. The third kappa shape index (κ3) is 3.71. The molecule has 3 rings (SSSR count). The van der Waals surface area contributed by atoms with Crippen LogP contribution in [-0.4, -0.2) is 37.7 Å². The summed E-state index contributed by atoms with van der Waals surface area (Å²) in [6.45, 7) is 6.78. The zero-order valence-corrected chi connectivity index (χ0v) is 12.4. The van der Waals surface area contributed by atoms with Crippen LogP contribution in [0.2, 0.25) is 0 Å². The first-order chi connectivity index (χ1) is 9.42. The lowest BCUT2D eigenvalue weighted by Crippen LogP contribution is -2.31. The van der Waals surface area contributed by atoms with E-state index in [1.54, 1.807) is 0 Å². The maximum absolute atomic E-state index is 5.91. The Morgan fingerprint density at radius 1 is 1.26 bits per heavy atom. The molecule has 2 aliphatic rings. The minimum Gasteiger partial charge on any atom is -0.484 e. The molecule has 0 atom stereocenters. The van der Waals surface area contributed by atoms with E-state index in [2.05, 4.69) is 16.3 Å². The summed E-state index contributed by atoms with van der Waals surface area (Å²) < 4.78 is 5.91. The summed E-state index contributed by atoms with van der Waals surface area (Å²) in [5.74, 6) is 0. The second-order valence-corrected chi connectivity index (χ2v) is 6.64. The van der Waals surface area contributed by atoms with Crippen molar-refractivity contribution in [2.24, 2.45) is 0 Å². The number of nitrogens with zero attached hydrogens (tertiary/aromatic N) is 1. The number of ether oxygens (including phenoxy) is 1. The van der Waals surface area contributed by atoms with Crippen molar-refractivity contribution in [2.75, 3.05) is 32.8 Å². The largest absolute Gasteiger partial charge is 0.484 e. The van der Waals surface area contributed by atoms with Crippen molar-refractivity contribution in [1.82, 2.24) is 10.2 Å². The van der Waals surface area contributed by atoms with E-state index in [-0.39, 0.29) is 0 Å². The minimum atomic E-state index is 0.864. The molecule has 1 N–H and O–H groups in total. The van der Waals surface area contributed by atoms with Crippen molar-refractivity contribution < 1.29 is 4.74 Å². The molecule has 4 heteroatoms. The lowest BCUT2D eigenvalue weighted by Gasteiger charge is -2.26. The Labute approximate surface area is 119 Å². The van der Waals surface area contributed by atoms with E-state index in [1.807, 2.05) is 11.3 Å². The van der Waals surface area contributed by atoms with Crippen LogP contribution < -0.4 is 10.1 Å². The number of rotatable bonds is 5. The molecule has 0 bridgehead atoms. The molecule has 0 aromatic carbocycles. The van der Waals surface area contributed by atoms with E-state index in [1.165, 1.54) is 49.3 Å². The molecule has 0 radical (unpaired) electrons. The van der Waals surface area contributed by atoms with Crippen molar-refractivity contribution in [2.45, 2.75) is 38.6 Å². The molecule has 0 unspecified atom stereocenters. The van der Waals surface area contributed by atoms with E-state index < -0.39 is 0 Å². The highest BCUT2D eigenvalue weighted by molar-refractivity contribution is 7.14. The number of piperidine rings is 1. The summed E-state index contributed by atoms with van der Waals surface area (Å²) in [4.78, 5) is 4.10. The summed E-state index contributed by atoms with van der Waals surface area (Å²) >= 11 is 1.85. The van der Waals surface area contributed by atoms with Gasteiger partial charge in [0.25, 0.3) is 0 Å². The fraction of sp³-hybridized carbons (Fsp3) is 0.733. The molecular formula is C15H24N2OS. The van der Waals surface area contributed by atoms with Gasteiger partial charge in [-0.3, -0.25) is 0 Å². The third-order valence-corrected chi connectivity index (χ3v) is 5.18. The smallest absolute Gasteiger partial charge is 0.174 e. The second-order valence-electron chi connectivity index (χ2n) is 5.54. The predicted octanol–water partition coefficient (Wildman–Crippen LogP) is 2.65. The molecule has 1 fully saturated rings.